The van der Waals surface area contributed by atoms with Crippen LogP contribution < -0.4 is 5.73 Å². The molecule has 0 saturated carbocycles. The minimum Gasteiger partial charge on any atom is -0.340 e. The first-order valence-corrected chi connectivity index (χ1v) is 8.69. The molecule has 0 aromatic heterocycles. The standard InChI is InChI=1S/C17H20BrN3O3/c1-17(2)9-20(6-5-13(17)19)14(22)8-21-15(23)11-4-3-10(18)7-12(11)16(21)24/h3-4,7,13H,5-6,8-9,19H2,1-2H3. The highest BCUT2D eigenvalue weighted by Crippen LogP contribution is 2.29. The summed E-state index contributed by atoms with van der Waals surface area (Å²) in [6.45, 7) is 4.91. The molecule has 2 aliphatic heterocycles. The fourth-order valence-corrected chi connectivity index (χ4v) is 3.59. The van der Waals surface area contributed by atoms with Crippen molar-refractivity contribution in [3.05, 3.63) is 33.8 Å². The minimum absolute atomic E-state index is 0.0400. The highest BCUT2D eigenvalue weighted by molar-refractivity contribution is 9.10. The molecule has 3 amide bonds. The van der Waals surface area contributed by atoms with Crippen molar-refractivity contribution in [2.24, 2.45) is 11.1 Å². The second-order valence-corrected chi connectivity index (χ2v) is 8.00. The van der Waals surface area contributed by atoms with Crippen LogP contribution in [0.2, 0.25) is 0 Å². The van der Waals surface area contributed by atoms with Gasteiger partial charge in [-0.1, -0.05) is 29.8 Å². The molecular formula is C17H20BrN3O3. The fourth-order valence-electron chi connectivity index (χ4n) is 3.23. The van der Waals surface area contributed by atoms with E-state index in [1.165, 1.54) is 0 Å². The molecule has 0 aliphatic carbocycles. The van der Waals surface area contributed by atoms with Crippen LogP contribution in [-0.4, -0.2) is 53.2 Å². The summed E-state index contributed by atoms with van der Waals surface area (Å²) in [4.78, 5) is 40.2. The van der Waals surface area contributed by atoms with Gasteiger partial charge < -0.3 is 10.6 Å². The van der Waals surface area contributed by atoms with E-state index in [2.05, 4.69) is 15.9 Å². The molecule has 0 radical (unpaired) electrons. The van der Waals surface area contributed by atoms with E-state index < -0.39 is 11.8 Å². The van der Waals surface area contributed by atoms with Crippen molar-refractivity contribution in [3.63, 3.8) is 0 Å². The summed E-state index contributed by atoms with van der Waals surface area (Å²) in [5.41, 5.74) is 6.59. The predicted octanol–water partition coefficient (Wildman–Crippen LogP) is 1.63. The van der Waals surface area contributed by atoms with Gasteiger partial charge in [0.05, 0.1) is 11.1 Å². The van der Waals surface area contributed by atoms with Crippen LogP contribution in [0.25, 0.3) is 0 Å². The molecule has 1 atom stereocenters. The van der Waals surface area contributed by atoms with Gasteiger partial charge in [0.25, 0.3) is 11.8 Å². The number of rotatable bonds is 2. The van der Waals surface area contributed by atoms with E-state index >= 15 is 0 Å². The van der Waals surface area contributed by atoms with Crippen LogP contribution >= 0.6 is 15.9 Å². The quantitative estimate of drug-likeness (QED) is 0.773. The normalized spacial score (nSPS) is 22.8. The maximum Gasteiger partial charge on any atom is 0.262 e. The summed E-state index contributed by atoms with van der Waals surface area (Å²) >= 11 is 3.29. The number of halogens is 1. The van der Waals surface area contributed by atoms with Crippen LogP contribution in [0.15, 0.2) is 22.7 Å². The van der Waals surface area contributed by atoms with E-state index in [-0.39, 0.29) is 23.9 Å². The maximum absolute atomic E-state index is 12.6. The number of carbonyl (C=O) groups excluding carboxylic acids is 3. The molecule has 1 fully saturated rings. The predicted molar refractivity (Wildman–Crippen MR) is 92.5 cm³/mol. The number of hydrogen-bond acceptors (Lipinski definition) is 4. The van der Waals surface area contributed by atoms with Crippen LogP contribution in [0.5, 0.6) is 0 Å². The second-order valence-electron chi connectivity index (χ2n) is 7.09. The number of likely N-dealkylation sites (tertiary alicyclic amines) is 1. The van der Waals surface area contributed by atoms with E-state index in [1.54, 1.807) is 23.1 Å². The number of amides is 3. The molecule has 0 spiro atoms. The molecule has 1 aromatic rings. The summed E-state index contributed by atoms with van der Waals surface area (Å²) < 4.78 is 0.724. The highest BCUT2D eigenvalue weighted by Gasteiger charge is 2.40. The molecule has 6 nitrogen and oxygen atoms in total. The summed E-state index contributed by atoms with van der Waals surface area (Å²) in [7, 11) is 0. The largest absolute Gasteiger partial charge is 0.340 e. The monoisotopic (exact) mass is 393 g/mol. The lowest BCUT2D eigenvalue weighted by Gasteiger charge is -2.42. The average Bonchev–Trinajstić information content (AvgIpc) is 2.74. The SMILES string of the molecule is CC1(C)CN(C(=O)CN2C(=O)c3ccc(Br)cc3C2=O)CCC1N. The lowest BCUT2D eigenvalue weighted by atomic mass is 9.79. The zero-order chi connectivity index (χ0) is 17.6. The van der Waals surface area contributed by atoms with Crippen molar-refractivity contribution in [3.8, 4) is 0 Å². The summed E-state index contributed by atoms with van der Waals surface area (Å²) in [5.74, 6) is -1.05. The molecule has 2 heterocycles. The van der Waals surface area contributed by atoms with Crippen molar-refractivity contribution < 1.29 is 14.4 Å². The Bertz CT molecular complexity index is 732. The molecular weight excluding hydrogens is 374 g/mol. The first-order chi connectivity index (χ1) is 11.2. The number of nitrogens with two attached hydrogens (primary N) is 1. The average molecular weight is 394 g/mol. The molecule has 24 heavy (non-hydrogen) atoms. The van der Waals surface area contributed by atoms with E-state index in [9.17, 15) is 14.4 Å². The van der Waals surface area contributed by atoms with Crippen molar-refractivity contribution in [2.75, 3.05) is 19.6 Å². The third kappa shape index (κ3) is 2.86. The Morgan fingerprint density at radius 1 is 1.29 bits per heavy atom. The van der Waals surface area contributed by atoms with E-state index in [1.807, 2.05) is 13.8 Å². The number of fused-ring (bicyclic) bond motifs is 1. The Kier molecular flexibility index (Phi) is 4.25. The van der Waals surface area contributed by atoms with Gasteiger partial charge in [0.2, 0.25) is 5.91 Å². The molecule has 1 unspecified atom stereocenters. The maximum atomic E-state index is 12.6. The van der Waals surface area contributed by atoms with Gasteiger partial charge in [-0.2, -0.15) is 0 Å². The van der Waals surface area contributed by atoms with E-state index in [0.717, 1.165) is 9.37 Å². The number of imide groups is 1. The molecule has 128 valence electrons. The van der Waals surface area contributed by atoms with Crippen molar-refractivity contribution in [1.29, 1.82) is 0 Å². The van der Waals surface area contributed by atoms with Gasteiger partial charge in [-0.05, 0) is 30.0 Å². The number of carbonyl (C=O) groups is 3. The van der Waals surface area contributed by atoms with Gasteiger partial charge in [0.15, 0.2) is 0 Å². The number of nitrogens with zero attached hydrogens (tertiary/aromatic N) is 2. The molecule has 1 aromatic carbocycles. The Morgan fingerprint density at radius 3 is 2.62 bits per heavy atom. The van der Waals surface area contributed by atoms with Crippen LogP contribution in [-0.2, 0) is 4.79 Å². The van der Waals surface area contributed by atoms with E-state index in [4.69, 9.17) is 5.73 Å². The van der Waals surface area contributed by atoms with Gasteiger partial charge in [0, 0.05) is 23.6 Å². The smallest absolute Gasteiger partial charge is 0.262 e. The lowest BCUT2D eigenvalue weighted by molar-refractivity contribution is -0.134. The third-order valence-corrected chi connectivity index (χ3v) is 5.38. The third-order valence-electron chi connectivity index (χ3n) is 4.89. The summed E-state index contributed by atoms with van der Waals surface area (Å²) in [6.07, 6.45) is 0.716. The van der Waals surface area contributed by atoms with Crippen LogP contribution in [0, 0.1) is 5.41 Å². The van der Waals surface area contributed by atoms with Gasteiger partial charge in [-0.25, -0.2) is 0 Å². The molecule has 7 heteroatoms. The zero-order valence-electron chi connectivity index (χ0n) is 13.7. The number of benzene rings is 1. The van der Waals surface area contributed by atoms with Crippen LogP contribution in [0.4, 0.5) is 0 Å². The number of hydrogen-bond donors (Lipinski definition) is 1. The Labute approximate surface area is 149 Å². The summed E-state index contributed by atoms with van der Waals surface area (Å²) in [6, 6.07) is 4.97. The van der Waals surface area contributed by atoms with Gasteiger partial charge in [-0.3, -0.25) is 19.3 Å². The number of piperidine rings is 1. The van der Waals surface area contributed by atoms with E-state index in [0.29, 0.717) is 30.6 Å². The first-order valence-electron chi connectivity index (χ1n) is 7.90. The van der Waals surface area contributed by atoms with Gasteiger partial charge in [-0.15, -0.1) is 0 Å². The van der Waals surface area contributed by atoms with Gasteiger partial charge in [0.1, 0.15) is 6.54 Å². The summed E-state index contributed by atoms with van der Waals surface area (Å²) in [5, 5.41) is 0. The first kappa shape index (κ1) is 17.1. The Balaban J connectivity index is 1.74. The molecule has 3 rings (SSSR count). The van der Waals surface area contributed by atoms with Gasteiger partial charge >= 0.3 is 0 Å². The highest BCUT2D eigenvalue weighted by atomic mass is 79.9. The minimum atomic E-state index is -0.419. The Morgan fingerprint density at radius 2 is 1.96 bits per heavy atom. The molecule has 2 N–H and O–H groups in total. The van der Waals surface area contributed by atoms with Crippen LogP contribution in [0.1, 0.15) is 41.0 Å². The molecule has 1 saturated heterocycles. The second kappa shape index (κ2) is 5.97. The van der Waals surface area contributed by atoms with Crippen molar-refractivity contribution in [2.45, 2.75) is 26.3 Å². The Hall–Kier alpha value is -1.73. The van der Waals surface area contributed by atoms with Crippen LogP contribution in [0.3, 0.4) is 0 Å². The molecule has 2 aliphatic rings. The molecule has 0 bridgehead atoms. The van der Waals surface area contributed by atoms with Crippen molar-refractivity contribution >= 4 is 33.7 Å². The van der Waals surface area contributed by atoms with Crippen molar-refractivity contribution in [1.82, 2.24) is 9.80 Å². The lowest BCUT2D eigenvalue weighted by Crippen LogP contribution is -2.55. The fraction of sp³-hybridized carbons (Fsp3) is 0.471. The zero-order valence-corrected chi connectivity index (χ0v) is 15.3. The topological polar surface area (TPSA) is 83.7 Å².